The molecule has 3 aliphatic heterocycles. The van der Waals surface area contributed by atoms with Crippen LogP contribution in [-0.4, -0.2) is 77.9 Å². The highest BCUT2D eigenvalue weighted by atomic mass is 19.1. The van der Waals surface area contributed by atoms with Crippen molar-refractivity contribution in [2.75, 3.05) is 47.2 Å². The monoisotopic (exact) mass is 1190 g/mol. The summed E-state index contributed by atoms with van der Waals surface area (Å²) in [7, 11) is 0. The van der Waals surface area contributed by atoms with Crippen molar-refractivity contribution in [3.8, 4) is 56.7 Å². The smallest absolute Gasteiger partial charge is 0.208 e. The molecule has 446 valence electrons. The van der Waals surface area contributed by atoms with Crippen LogP contribution in [0.2, 0.25) is 0 Å². The maximum atomic E-state index is 14.5. The molecule has 0 saturated heterocycles. The number of rotatable bonds is 12. The van der Waals surface area contributed by atoms with Crippen LogP contribution < -0.4 is 41.6 Å². The molecule has 24 heteroatoms. The van der Waals surface area contributed by atoms with Crippen LogP contribution in [0.5, 0.6) is 17.2 Å². The van der Waals surface area contributed by atoms with E-state index in [1.807, 2.05) is 83.8 Å². The lowest BCUT2D eigenvalue weighted by Gasteiger charge is -2.13. The second-order valence-electron chi connectivity index (χ2n) is 21.5. The number of benzene rings is 3. The maximum Gasteiger partial charge on any atom is 0.208 e. The molecule has 3 aromatic carbocycles. The molecule has 0 atom stereocenters. The number of hydrogen-bond acceptors (Lipinski definition) is 18. The molecule has 12 heterocycles. The molecule has 0 radical (unpaired) electrons. The van der Waals surface area contributed by atoms with Gasteiger partial charge in [0.2, 0.25) is 17.8 Å². The normalized spacial score (nSPS) is 12.7. The van der Waals surface area contributed by atoms with E-state index < -0.39 is 0 Å². The number of imidazole rings is 3. The molecule has 7 N–H and O–H groups in total. The molecule has 0 spiro atoms. The summed E-state index contributed by atoms with van der Waals surface area (Å²) < 4.78 is 65.6. The average molecular weight is 1200 g/mol. The van der Waals surface area contributed by atoms with Gasteiger partial charge in [-0.05, 0) is 94.4 Å². The van der Waals surface area contributed by atoms with Crippen LogP contribution in [0.4, 0.5) is 42.5 Å². The van der Waals surface area contributed by atoms with Crippen molar-refractivity contribution < 1.29 is 27.4 Å². The molecule has 21 nitrogen and oxygen atoms in total. The quantitative estimate of drug-likeness (QED) is 0.0761. The Bertz CT molecular complexity index is 4750. The van der Waals surface area contributed by atoms with Gasteiger partial charge >= 0.3 is 0 Å². The van der Waals surface area contributed by atoms with Crippen LogP contribution in [0.25, 0.3) is 50.3 Å². The van der Waals surface area contributed by atoms with E-state index in [9.17, 15) is 13.2 Å². The molecule has 15 rings (SSSR count). The van der Waals surface area contributed by atoms with E-state index in [2.05, 4.69) is 60.8 Å². The summed E-state index contributed by atoms with van der Waals surface area (Å²) in [5.41, 5.74) is 27.7. The lowest BCUT2D eigenvalue weighted by molar-refractivity contribution is 0.356. The van der Waals surface area contributed by atoms with Crippen LogP contribution in [-0.2, 0) is 38.9 Å². The van der Waals surface area contributed by atoms with Gasteiger partial charge in [-0.3, -0.25) is 18.2 Å². The number of aromatic nitrogens is 12. The standard InChI is InChI=1S/C22H21FN6O.C22H17FN6O.C21H19FN6O/c1-12-11-29-21(28-12)16(14-7-19(24)13(2)25-8-14)9-26-22(29)27-10-17-15-5-6-30-20(15)4-3-18(17)23;1-13-12-29-21(28-13)17(14-2-3-15(8-24)25-9-14)10-26-22(29)27-11-18-16-6-7-30-20(16)5-4-19(18)23;1-12-11-28-20(27-12)15(13-2-5-19(23)24-8-13)9-25-21(28)26-10-16-14-6-7-29-18(14)4-3-17(16)22/h3-4,7-9,11H,5-6,10,24H2,1-2H3,(H,26,27);2-5,9-10,12H,6-7,11H2,1H3,(H,26,27);2-5,8-9,11H,6-7,10H2,1H3,(H2,23,24)(H,25,26). The van der Waals surface area contributed by atoms with Gasteiger partial charge < -0.3 is 41.6 Å². The Morgan fingerprint density at radius 3 is 1.25 bits per heavy atom. The fourth-order valence-corrected chi connectivity index (χ4v) is 11.2. The predicted molar refractivity (Wildman–Crippen MR) is 330 cm³/mol. The molecule has 0 aliphatic carbocycles. The average Bonchev–Trinajstić information content (AvgIpc) is 3.43. The first-order valence-corrected chi connectivity index (χ1v) is 28.6. The molecule has 0 saturated carbocycles. The fraction of sp³-hybridized carbons (Fsp3) is 0.200. The summed E-state index contributed by atoms with van der Waals surface area (Å²) in [6.07, 6.45) is 18.1. The van der Waals surface area contributed by atoms with Crippen LogP contribution in [0.1, 0.15) is 61.9 Å². The number of hydrogen-bond donors (Lipinski definition) is 5. The Labute approximate surface area is 507 Å². The van der Waals surface area contributed by atoms with E-state index >= 15 is 0 Å². The van der Waals surface area contributed by atoms with Gasteiger partial charge in [0.15, 0.2) is 0 Å². The second-order valence-corrected chi connectivity index (χ2v) is 21.5. The van der Waals surface area contributed by atoms with Gasteiger partial charge in [0.05, 0.1) is 48.3 Å². The molecular formula is C65H57F3N18O3. The molecule has 3 aliphatic rings. The maximum absolute atomic E-state index is 14.5. The van der Waals surface area contributed by atoms with Gasteiger partial charge in [0.25, 0.3) is 0 Å². The number of halogens is 3. The SMILES string of the molecule is Cc1cn2c(NCc3c(F)ccc4c3CCO4)ncc(-c3ccc(C#N)nc3)c2n1.Cc1cn2c(NCc3c(F)ccc4c3CCO4)ncc(-c3ccc(N)nc3)c2n1.Cc1cn2c(NCc3c(F)ccc4c3CCO4)ncc(-c3cnc(C)c(N)c3)c2n1. The molecule has 9 aromatic heterocycles. The number of anilines is 5. The van der Waals surface area contributed by atoms with E-state index in [0.717, 1.165) is 101 Å². The number of nitrogens with two attached hydrogens (primary N) is 2. The third-order valence-corrected chi connectivity index (χ3v) is 15.6. The van der Waals surface area contributed by atoms with E-state index in [1.165, 1.54) is 18.2 Å². The highest BCUT2D eigenvalue weighted by Gasteiger charge is 2.24. The molecule has 0 amide bonds. The minimum Gasteiger partial charge on any atom is -0.493 e. The van der Waals surface area contributed by atoms with E-state index in [0.29, 0.717) is 110 Å². The summed E-state index contributed by atoms with van der Waals surface area (Å²) in [6.45, 7) is 10.2. The lowest BCUT2D eigenvalue weighted by atomic mass is 10.0. The van der Waals surface area contributed by atoms with Gasteiger partial charge in [-0.25, -0.2) is 53.0 Å². The number of nitrogen functional groups attached to an aromatic ring is 2. The van der Waals surface area contributed by atoms with E-state index in [4.69, 9.17) is 30.9 Å². The Hall–Kier alpha value is -11.4. The van der Waals surface area contributed by atoms with Crippen molar-refractivity contribution in [1.82, 2.24) is 58.1 Å². The topological polar surface area (TPSA) is 269 Å². The van der Waals surface area contributed by atoms with Crippen LogP contribution in [0.3, 0.4) is 0 Å². The first kappa shape index (κ1) is 56.8. The first-order chi connectivity index (χ1) is 43.2. The third-order valence-electron chi connectivity index (χ3n) is 15.6. The Kier molecular flexibility index (Phi) is 15.2. The number of pyridine rings is 3. The third kappa shape index (κ3) is 11.3. The summed E-state index contributed by atoms with van der Waals surface area (Å²) in [5.74, 6) is 3.69. The predicted octanol–water partition coefficient (Wildman–Crippen LogP) is 10.7. The Morgan fingerprint density at radius 2 is 0.876 bits per heavy atom. The van der Waals surface area contributed by atoms with Crippen molar-refractivity contribution in [1.29, 1.82) is 5.26 Å². The van der Waals surface area contributed by atoms with E-state index in [1.54, 1.807) is 67.5 Å². The Balaban J connectivity index is 0.000000123. The minimum absolute atomic E-state index is 0.246. The molecule has 12 aromatic rings. The molecular weight excluding hydrogens is 1140 g/mol. The molecule has 0 unspecified atom stereocenters. The van der Waals surface area contributed by atoms with Crippen molar-refractivity contribution >= 4 is 46.3 Å². The van der Waals surface area contributed by atoms with E-state index in [-0.39, 0.29) is 24.0 Å². The Morgan fingerprint density at radius 1 is 0.483 bits per heavy atom. The van der Waals surface area contributed by atoms with Gasteiger partial charge in [-0.2, -0.15) is 5.26 Å². The van der Waals surface area contributed by atoms with Gasteiger partial charge in [-0.15, -0.1) is 0 Å². The minimum atomic E-state index is -0.259. The first-order valence-electron chi connectivity index (χ1n) is 28.6. The van der Waals surface area contributed by atoms with Crippen molar-refractivity contribution in [3.63, 3.8) is 0 Å². The summed E-state index contributed by atoms with van der Waals surface area (Å²) in [4.78, 5) is 40.2. The zero-order valence-electron chi connectivity index (χ0n) is 48.7. The zero-order chi connectivity index (χ0) is 61.4. The summed E-state index contributed by atoms with van der Waals surface area (Å²) >= 11 is 0. The largest absolute Gasteiger partial charge is 0.493 e. The molecule has 0 bridgehead atoms. The van der Waals surface area contributed by atoms with Gasteiger partial charge in [0.1, 0.15) is 69.2 Å². The van der Waals surface area contributed by atoms with Crippen LogP contribution in [0, 0.1) is 56.5 Å². The number of ether oxygens (including phenoxy) is 3. The second kappa shape index (κ2) is 23.8. The zero-order valence-corrected chi connectivity index (χ0v) is 48.7. The van der Waals surface area contributed by atoms with Crippen molar-refractivity contribution in [2.24, 2.45) is 0 Å². The highest BCUT2D eigenvalue weighted by Crippen LogP contribution is 2.36. The fourth-order valence-electron chi connectivity index (χ4n) is 11.2. The van der Waals surface area contributed by atoms with Gasteiger partial charge in [-0.1, -0.05) is 0 Å². The van der Waals surface area contributed by atoms with Crippen molar-refractivity contribution in [3.05, 3.63) is 202 Å². The lowest BCUT2D eigenvalue weighted by Crippen LogP contribution is -2.09. The number of aryl methyl sites for hydroxylation is 4. The van der Waals surface area contributed by atoms with Crippen LogP contribution in [0.15, 0.2) is 123 Å². The number of nitrogens with one attached hydrogen (secondary N) is 3. The van der Waals surface area contributed by atoms with Crippen LogP contribution >= 0.6 is 0 Å². The molecule has 89 heavy (non-hydrogen) atoms. The highest BCUT2D eigenvalue weighted by molar-refractivity contribution is 5.81. The number of fused-ring (bicyclic) bond motifs is 6. The number of nitriles is 1. The van der Waals surface area contributed by atoms with Crippen molar-refractivity contribution in [2.45, 2.75) is 66.6 Å². The van der Waals surface area contributed by atoms with Gasteiger partial charge in [0, 0.05) is 161 Å². The molecule has 0 fully saturated rings. The summed E-state index contributed by atoms with van der Waals surface area (Å²) in [5, 5.41) is 18.7. The number of nitrogens with zero attached hydrogens (tertiary/aromatic N) is 13. The summed E-state index contributed by atoms with van der Waals surface area (Å²) in [6, 6.07) is 20.4.